The van der Waals surface area contributed by atoms with Crippen molar-refractivity contribution in [3.8, 4) is 11.1 Å². The highest BCUT2D eigenvalue weighted by molar-refractivity contribution is 5.99. The Morgan fingerprint density at radius 3 is 2.67 bits per heavy atom. The molecule has 0 radical (unpaired) electrons. The second kappa shape index (κ2) is 8.14. The number of nitrogens with one attached hydrogen (secondary N) is 2. The van der Waals surface area contributed by atoms with Crippen molar-refractivity contribution in [1.29, 1.82) is 0 Å². The number of rotatable bonds is 6. The molecule has 0 aliphatic carbocycles. The number of benzene rings is 2. The summed E-state index contributed by atoms with van der Waals surface area (Å²) in [6.45, 7) is 5.52. The second-order valence-electron chi connectivity index (χ2n) is 6.03. The number of carbonyl (C=O) groups is 1. The number of nitrogens with zero attached hydrogens (tertiary/aromatic N) is 2. The molecule has 27 heavy (non-hydrogen) atoms. The van der Waals surface area contributed by atoms with E-state index >= 15 is 0 Å². The summed E-state index contributed by atoms with van der Waals surface area (Å²) in [5.41, 5.74) is 9.42. The second-order valence-corrected chi connectivity index (χ2v) is 6.03. The van der Waals surface area contributed by atoms with Gasteiger partial charge in [-0.2, -0.15) is 0 Å². The van der Waals surface area contributed by atoms with Gasteiger partial charge in [-0.3, -0.25) is 4.79 Å². The van der Waals surface area contributed by atoms with Crippen molar-refractivity contribution in [2.45, 2.75) is 13.0 Å². The summed E-state index contributed by atoms with van der Waals surface area (Å²) >= 11 is 0. The molecular weight excluding hydrogens is 338 g/mol. The Labute approximate surface area is 158 Å². The minimum absolute atomic E-state index is 0.0305. The highest BCUT2D eigenvalue weighted by Gasteiger charge is 2.15. The van der Waals surface area contributed by atoms with E-state index in [-0.39, 0.29) is 11.9 Å². The average molecular weight is 359 g/mol. The summed E-state index contributed by atoms with van der Waals surface area (Å²) in [7, 11) is 0. The molecule has 1 amide bonds. The third-order valence-corrected chi connectivity index (χ3v) is 4.13. The van der Waals surface area contributed by atoms with Gasteiger partial charge in [0.05, 0.1) is 5.56 Å². The highest BCUT2D eigenvalue weighted by atomic mass is 16.1. The third-order valence-electron chi connectivity index (χ3n) is 4.13. The molecule has 0 spiro atoms. The van der Waals surface area contributed by atoms with Crippen LogP contribution in [0.15, 0.2) is 73.6 Å². The number of aromatic nitrogens is 2. The smallest absolute Gasteiger partial charge is 0.247 e. The van der Waals surface area contributed by atoms with Crippen LogP contribution in [0.1, 0.15) is 18.5 Å². The van der Waals surface area contributed by atoms with Gasteiger partial charge in [-0.25, -0.2) is 9.97 Å². The van der Waals surface area contributed by atoms with Gasteiger partial charge in [0.25, 0.3) is 0 Å². The summed E-state index contributed by atoms with van der Waals surface area (Å²) in [5, 5.41) is 6.15. The van der Waals surface area contributed by atoms with Gasteiger partial charge in [0.1, 0.15) is 18.0 Å². The standard InChI is InChI=1S/C21H21N5O/c1-3-18(27)26-17-11-7-10-16(12-17)19-20(22)23-13-24-21(19)25-14(2)15-8-5-4-6-9-15/h3-14H,1H2,2H3,(H,26,27)(H3,22,23,24,25). The Hall–Kier alpha value is -3.67. The average Bonchev–Trinajstić information content (AvgIpc) is 2.69. The van der Waals surface area contributed by atoms with Gasteiger partial charge < -0.3 is 16.4 Å². The number of nitrogen functional groups attached to an aromatic ring is 1. The zero-order valence-electron chi connectivity index (χ0n) is 15.0. The molecule has 3 rings (SSSR count). The third kappa shape index (κ3) is 4.30. The lowest BCUT2D eigenvalue weighted by atomic mass is 10.0. The molecule has 3 aromatic rings. The first-order valence-corrected chi connectivity index (χ1v) is 8.54. The maximum atomic E-state index is 11.6. The first-order chi connectivity index (χ1) is 13.1. The van der Waals surface area contributed by atoms with Crippen LogP contribution in [0.25, 0.3) is 11.1 Å². The SMILES string of the molecule is C=CC(=O)Nc1cccc(-c2c(N)ncnc2NC(C)c2ccccc2)c1. The molecule has 0 saturated heterocycles. The van der Waals surface area contributed by atoms with Crippen LogP contribution < -0.4 is 16.4 Å². The lowest BCUT2D eigenvalue weighted by Gasteiger charge is -2.18. The van der Waals surface area contributed by atoms with Gasteiger partial charge >= 0.3 is 0 Å². The van der Waals surface area contributed by atoms with E-state index in [4.69, 9.17) is 5.73 Å². The number of hydrogen-bond donors (Lipinski definition) is 3. The lowest BCUT2D eigenvalue weighted by Crippen LogP contribution is -2.11. The van der Waals surface area contributed by atoms with Gasteiger partial charge in [0.2, 0.25) is 5.91 Å². The summed E-state index contributed by atoms with van der Waals surface area (Å²) in [5.74, 6) is 0.714. The Balaban J connectivity index is 1.95. The molecule has 6 heteroatoms. The van der Waals surface area contributed by atoms with Crippen molar-refractivity contribution in [2.24, 2.45) is 0 Å². The van der Waals surface area contributed by atoms with Crippen molar-refractivity contribution < 1.29 is 4.79 Å². The Kier molecular flexibility index (Phi) is 5.47. The summed E-state index contributed by atoms with van der Waals surface area (Å²) < 4.78 is 0. The van der Waals surface area contributed by atoms with E-state index in [2.05, 4.69) is 34.1 Å². The van der Waals surface area contributed by atoms with Gasteiger partial charge in [0, 0.05) is 11.7 Å². The first-order valence-electron chi connectivity index (χ1n) is 8.54. The van der Waals surface area contributed by atoms with Crippen LogP contribution in [-0.2, 0) is 4.79 Å². The number of carbonyl (C=O) groups excluding carboxylic acids is 1. The van der Waals surface area contributed by atoms with Gasteiger partial charge in [-0.1, -0.05) is 49.0 Å². The van der Waals surface area contributed by atoms with E-state index in [1.165, 1.54) is 12.4 Å². The zero-order valence-corrected chi connectivity index (χ0v) is 15.0. The first kappa shape index (κ1) is 18.1. The quantitative estimate of drug-likeness (QED) is 0.578. The van der Waals surface area contributed by atoms with Crippen molar-refractivity contribution in [1.82, 2.24) is 9.97 Å². The number of hydrogen-bond acceptors (Lipinski definition) is 5. The predicted molar refractivity (Wildman–Crippen MR) is 109 cm³/mol. The highest BCUT2D eigenvalue weighted by Crippen LogP contribution is 2.33. The Morgan fingerprint density at radius 2 is 1.93 bits per heavy atom. The van der Waals surface area contributed by atoms with Crippen LogP contribution in [0.5, 0.6) is 0 Å². The number of nitrogens with two attached hydrogens (primary N) is 1. The molecule has 4 N–H and O–H groups in total. The summed E-state index contributed by atoms with van der Waals surface area (Å²) in [6, 6.07) is 17.5. The van der Waals surface area contributed by atoms with Crippen molar-refractivity contribution in [3.63, 3.8) is 0 Å². The molecule has 6 nitrogen and oxygen atoms in total. The van der Waals surface area contributed by atoms with E-state index in [1.807, 2.05) is 48.5 Å². The zero-order chi connectivity index (χ0) is 19.2. The number of amides is 1. The molecule has 0 saturated carbocycles. The van der Waals surface area contributed by atoms with E-state index in [0.29, 0.717) is 22.9 Å². The maximum Gasteiger partial charge on any atom is 0.247 e. The fraction of sp³-hybridized carbons (Fsp3) is 0.0952. The van der Waals surface area contributed by atoms with Crippen molar-refractivity contribution in [3.05, 3.63) is 79.1 Å². The molecule has 0 fully saturated rings. The molecule has 1 unspecified atom stereocenters. The van der Waals surface area contributed by atoms with Crippen LogP contribution >= 0.6 is 0 Å². The fourth-order valence-electron chi connectivity index (χ4n) is 2.77. The van der Waals surface area contributed by atoms with Crippen molar-refractivity contribution >= 4 is 23.2 Å². The fourth-order valence-corrected chi connectivity index (χ4v) is 2.77. The molecule has 2 aromatic carbocycles. The molecule has 0 aliphatic rings. The predicted octanol–water partition coefficient (Wildman–Crippen LogP) is 4.02. The summed E-state index contributed by atoms with van der Waals surface area (Å²) in [6.07, 6.45) is 2.66. The molecule has 0 aliphatic heterocycles. The Morgan fingerprint density at radius 1 is 1.15 bits per heavy atom. The van der Waals surface area contributed by atoms with Crippen LogP contribution in [0, 0.1) is 0 Å². The maximum absolute atomic E-state index is 11.6. The van der Waals surface area contributed by atoms with E-state index < -0.39 is 0 Å². The van der Waals surface area contributed by atoms with Crippen LogP contribution in [0.3, 0.4) is 0 Å². The largest absolute Gasteiger partial charge is 0.383 e. The monoisotopic (exact) mass is 359 g/mol. The van der Waals surface area contributed by atoms with E-state index in [9.17, 15) is 4.79 Å². The van der Waals surface area contributed by atoms with Crippen LogP contribution in [-0.4, -0.2) is 15.9 Å². The van der Waals surface area contributed by atoms with E-state index in [1.54, 1.807) is 6.07 Å². The summed E-state index contributed by atoms with van der Waals surface area (Å²) in [4.78, 5) is 20.1. The van der Waals surface area contributed by atoms with Gasteiger partial charge in [-0.15, -0.1) is 0 Å². The van der Waals surface area contributed by atoms with Crippen LogP contribution in [0.4, 0.5) is 17.3 Å². The van der Waals surface area contributed by atoms with E-state index in [0.717, 1.165) is 11.1 Å². The molecule has 136 valence electrons. The normalized spacial score (nSPS) is 11.4. The number of anilines is 3. The topological polar surface area (TPSA) is 92.9 Å². The molecule has 1 aromatic heterocycles. The van der Waals surface area contributed by atoms with Crippen molar-refractivity contribution in [2.75, 3.05) is 16.4 Å². The molecule has 1 atom stereocenters. The van der Waals surface area contributed by atoms with Crippen LogP contribution in [0.2, 0.25) is 0 Å². The van der Waals surface area contributed by atoms with Gasteiger partial charge in [-0.05, 0) is 36.3 Å². The molecule has 1 heterocycles. The molecular formula is C21H21N5O. The minimum Gasteiger partial charge on any atom is -0.383 e. The van der Waals surface area contributed by atoms with Gasteiger partial charge in [0.15, 0.2) is 0 Å². The Bertz CT molecular complexity index is 956. The molecule has 0 bridgehead atoms. The lowest BCUT2D eigenvalue weighted by molar-refractivity contribution is -0.111. The minimum atomic E-state index is -0.277.